The van der Waals surface area contributed by atoms with Gasteiger partial charge in [0.15, 0.2) is 0 Å². The number of fused-ring (bicyclic) bond motifs is 1. The standard InChI is InChI=1S/C17H25NO3.C2HF3O2/c1-2-20-17(19)11-13-4-5-14-6-7-16(12-15(14)10-13)21-9-3-8-18;3-2(4,5)1(6)7/h6-7,12-13H,2-5,8-11,18H2,1H3;(H,6,7). The van der Waals surface area contributed by atoms with Crippen LogP contribution in [0.4, 0.5) is 13.2 Å². The smallest absolute Gasteiger partial charge is 0.490 e. The summed E-state index contributed by atoms with van der Waals surface area (Å²) < 4.78 is 42.5. The molecule has 0 saturated heterocycles. The molecule has 0 fully saturated rings. The highest BCUT2D eigenvalue weighted by Crippen LogP contribution is 2.30. The number of halogens is 3. The molecule has 0 spiro atoms. The van der Waals surface area contributed by atoms with Gasteiger partial charge in [-0.15, -0.1) is 0 Å². The molecule has 1 aromatic rings. The van der Waals surface area contributed by atoms with E-state index < -0.39 is 12.1 Å². The first-order valence-corrected chi connectivity index (χ1v) is 9.07. The van der Waals surface area contributed by atoms with Crippen molar-refractivity contribution in [3.05, 3.63) is 29.3 Å². The molecule has 158 valence electrons. The van der Waals surface area contributed by atoms with Crippen LogP contribution in [0.15, 0.2) is 18.2 Å². The van der Waals surface area contributed by atoms with Crippen LogP contribution in [0.3, 0.4) is 0 Å². The van der Waals surface area contributed by atoms with Gasteiger partial charge in [0, 0.05) is 6.42 Å². The number of nitrogens with two attached hydrogens (primary N) is 1. The highest BCUT2D eigenvalue weighted by atomic mass is 19.4. The molecule has 9 heteroatoms. The van der Waals surface area contributed by atoms with Crippen molar-refractivity contribution in [3.8, 4) is 5.75 Å². The summed E-state index contributed by atoms with van der Waals surface area (Å²) in [7, 11) is 0. The number of carboxylic acid groups (broad SMARTS) is 1. The molecular formula is C19H26F3NO5. The molecule has 0 amide bonds. The largest absolute Gasteiger partial charge is 0.494 e. The predicted molar refractivity (Wildman–Crippen MR) is 96.1 cm³/mol. The lowest BCUT2D eigenvalue weighted by Gasteiger charge is -2.24. The molecule has 1 atom stereocenters. The number of rotatable bonds is 7. The summed E-state index contributed by atoms with van der Waals surface area (Å²) in [5, 5.41) is 7.12. The first kappa shape index (κ1) is 23.7. The van der Waals surface area contributed by atoms with Crippen LogP contribution in [-0.4, -0.2) is 43.0 Å². The summed E-state index contributed by atoms with van der Waals surface area (Å²) in [6.07, 6.45) is -0.683. The monoisotopic (exact) mass is 405 g/mol. The molecule has 0 aliphatic heterocycles. The number of carboxylic acids is 1. The second-order valence-electron chi connectivity index (χ2n) is 6.34. The lowest BCUT2D eigenvalue weighted by molar-refractivity contribution is -0.192. The number of esters is 1. The topological polar surface area (TPSA) is 98.9 Å². The van der Waals surface area contributed by atoms with Gasteiger partial charge in [0.05, 0.1) is 13.2 Å². The fourth-order valence-electron chi connectivity index (χ4n) is 2.80. The number of carbonyl (C=O) groups is 2. The Morgan fingerprint density at radius 2 is 1.96 bits per heavy atom. The van der Waals surface area contributed by atoms with Gasteiger partial charge in [-0.05, 0) is 68.3 Å². The molecule has 0 radical (unpaired) electrons. The van der Waals surface area contributed by atoms with E-state index in [0.717, 1.165) is 31.4 Å². The molecule has 3 N–H and O–H groups in total. The molecule has 1 aliphatic carbocycles. The summed E-state index contributed by atoms with van der Waals surface area (Å²) in [5.74, 6) is -1.55. The van der Waals surface area contributed by atoms with Crippen LogP contribution in [0.5, 0.6) is 5.75 Å². The third-order valence-corrected chi connectivity index (χ3v) is 4.13. The van der Waals surface area contributed by atoms with Crippen molar-refractivity contribution in [3.63, 3.8) is 0 Å². The maximum atomic E-state index is 11.6. The molecule has 1 aromatic carbocycles. The third-order valence-electron chi connectivity index (χ3n) is 4.13. The van der Waals surface area contributed by atoms with Gasteiger partial charge in [0.2, 0.25) is 0 Å². The average molecular weight is 405 g/mol. The van der Waals surface area contributed by atoms with E-state index in [9.17, 15) is 18.0 Å². The SMILES string of the molecule is CCOC(=O)CC1CCc2ccc(OCCCN)cc2C1.O=C(O)C(F)(F)F. The zero-order chi connectivity index (χ0) is 21.2. The number of hydrogen-bond acceptors (Lipinski definition) is 5. The number of aliphatic carboxylic acids is 1. The van der Waals surface area contributed by atoms with Crippen molar-refractivity contribution in [1.82, 2.24) is 0 Å². The van der Waals surface area contributed by atoms with Crippen LogP contribution < -0.4 is 10.5 Å². The Balaban J connectivity index is 0.000000480. The first-order valence-electron chi connectivity index (χ1n) is 9.07. The van der Waals surface area contributed by atoms with Gasteiger partial charge in [-0.25, -0.2) is 4.79 Å². The average Bonchev–Trinajstić information content (AvgIpc) is 2.61. The Morgan fingerprint density at radius 1 is 1.29 bits per heavy atom. The molecule has 2 rings (SSSR count). The predicted octanol–water partition coefficient (Wildman–Crippen LogP) is 3.11. The molecule has 0 saturated carbocycles. The summed E-state index contributed by atoms with van der Waals surface area (Å²) >= 11 is 0. The van der Waals surface area contributed by atoms with Crippen LogP contribution in [0.1, 0.15) is 37.3 Å². The molecule has 0 bridgehead atoms. The highest BCUT2D eigenvalue weighted by Gasteiger charge is 2.38. The van der Waals surface area contributed by atoms with E-state index in [0.29, 0.717) is 32.1 Å². The normalized spacial score (nSPS) is 15.7. The van der Waals surface area contributed by atoms with Crippen LogP contribution in [0.2, 0.25) is 0 Å². The molecular weight excluding hydrogens is 379 g/mol. The molecule has 1 unspecified atom stereocenters. The third kappa shape index (κ3) is 8.60. The fourth-order valence-corrected chi connectivity index (χ4v) is 2.80. The van der Waals surface area contributed by atoms with Crippen molar-refractivity contribution in [2.24, 2.45) is 11.7 Å². The Hall–Kier alpha value is -2.29. The number of ether oxygens (including phenoxy) is 2. The maximum absolute atomic E-state index is 11.6. The summed E-state index contributed by atoms with van der Waals surface area (Å²) in [6.45, 7) is 3.61. The Kier molecular flexibility index (Phi) is 9.78. The highest BCUT2D eigenvalue weighted by molar-refractivity contribution is 5.73. The van der Waals surface area contributed by atoms with Crippen LogP contribution in [0, 0.1) is 5.92 Å². The number of hydrogen-bond donors (Lipinski definition) is 2. The van der Waals surface area contributed by atoms with Crippen molar-refractivity contribution in [2.75, 3.05) is 19.8 Å². The number of carbonyl (C=O) groups excluding carboxylic acids is 1. The van der Waals surface area contributed by atoms with E-state index in [-0.39, 0.29) is 5.97 Å². The lowest BCUT2D eigenvalue weighted by Crippen LogP contribution is -2.21. The second-order valence-corrected chi connectivity index (χ2v) is 6.34. The Morgan fingerprint density at radius 3 is 2.54 bits per heavy atom. The summed E-state index contributed by atoms with van der Waals surface area (Å²) in [5.41, 5.74) is 8.15. The van der Waals surface area contributed by atoms with E-state index in [1.54, 1.807) is 0 Å². The first-order chi connectivity index (χ1) is 13.2. The number of benzene rings is 1. The molecule has 0 aromatic heterocycles. The van der Waals surface area contributed by atoms with E-state index >= 15 is 0 Å². The quantitative estimate of drug-likeness (QED) is 0.534. The molecule has 28 heavy (non-hydrogen) atoms. The van der Waals surface area contributed by atoms with Crippen LogP contribution in [0.25, 0.3) is 0 Å². The molecule has 0 heterocycles. The van der Waals surface area contributed by atoms with E-state index in [2.05, 4.69) is 12.1 Å². The minimum Gasteiger partial charge on any atom is -0.494 e. The van der Waals surface area contributed by atoms with Gasteiger partial charge in [-0.1, -0.05) is 6.07 Å². The summed E-state index contributed by atoms with van der Waals surface area (Å²) in [6, 6.07) is 6.29. The molecule has 6 nitrogen and oxygen atoms in total. The van der Waals surface area contributed by atoms with E-state index in [1.165, 1.54) is 11.1 Å². The van der Waals surface area contributed by atoms with Crippen LogP contribution in [-0.2, 0) is 27.2 Å². The second kappa shape index (κ2) is 11.5. The molecule has 1 aliphatic rings. The zero-order valence-electron chi connectivity index (χ0n) is 15.8. The Bertz CT molecular complexity index is 649. The Labute approximate surface area is 161 Å². The van der Waals surface area contributed by atoms with E-state index in [1.807, 2.05) is 13.0 Å². The van der Waals surface area contributed by atoms with Crippen molar-refractivity contribution < 1.29 is 37.3 Å². The number of alkyl halides is 3. The van der Waals surface area contributed by atoms with Crippen molar-refractivity contribution in [1.29, 1.82) is 0 Å². The summed E-state index contributed by atoms with van der Waals surface area (Å²) in [4.78, 5) is 20.5. The van der Waals surface area contributed by atoms with Crippen molar-refractivity contribution >= 4 is 11.9 Å². The number of aryl methyl sites for hydroxylation is 1. The van der Waals surface area contributed by atoms with Gasteiger partial charge < -0.3 is 20.3 Å². The minimum absolute atomic E-state index is 0.0821. The van der Waals surface area contributed by atoms with E-state index in [4.69, 9.17) is 25.1 Å². The zero-order valence-corrected chi connectivity index (χ0v) is 15.8. The van der Waals surface area contributed by atoms with Gasteiger partial charge in [0.1, 0.15) is 5.75 Å². The van der Waals surface area contributed by atoms with Gasteiger partial charge >= 0.3 is 18.1 Å². The van der Waals surface area contributed by atoms with Crippen molar-refractivity contribution in [2.45, 2.75) is 45.2 Å². The minimum atomic E-state index is -5.08. The van der Waals surface area contributed by atoms with Gasteiger partial charge in [0.25, 0.3) is 0 Å². The van der Waals surface area contributed by atoms with Gasteiger partial charge in [-0.3, -0.25) is 4.79 Å². The maximum Gasteiger partial charge on any atom is 0.490 e. The lowest BCUT2D eigenvalue weighted by atomic mass is 9.82. The fraction of sp³-hybridized carbons (Fsp3) is 0.579. The van der Waals surface area contributed by atoms with Crippen LogP contribution >= 0.6 is 0 Å². The van der Waals surface area contributed by atoms with Gasteiger partial charge in [-0.2, -0.15) is 13.2 Å².